The summed E-state index contributed by atoms with van der Waals surface area (Å²) >= 11 is 0. The maximum Gasteiger partial charge on any atom is 0.275 e. The first kappa shape index (κ1) is 29.0. The van der Waals surface area contributed by atoms with Crippen LogP contribution in [0.2, 0.25) is 0 Å². The lowest BCUT2D eigenvalue weighted by Gasteiger charge is -2.37. The zero-order valence-electron chi connectivity index (χ0n) is 23.8. The Morgan fingerprint density at radius 2 is 1.69 bits per heavy atom. The molecular weight excluding hydrogens is 538 g/mol. The summed E-state index contributed by atoms with van der Waals surface area (Å²) in [4.78, 5) is 57.2. The second kappa shape index (κ2) is 12.6. The highest BCUT2D eigenvalue weighted by molar-refractivity contribution is 6.04. The number of carbonyl (C=O) groups excluding carboxylic acids is 3. The maximum atomic E-state index is 13.8. The molecule has 1 fully saturated rings. The summed E-state index contributed by atoms with van der Waals surface area (Å²) < 4.78 is 6.68. The molecule has 1 aromatic heterocycles. The Balaban J connectivity index is 1.44. The number of ether oxygens (including phenoxy) is 1. The molecule has 0 aliphatic carbocycles. The number of aromatic hydroxyl groups is 1. The Hall–Kier alpha value is -4.48. The quantitative estimate of drug-likeness (QED) is 0.375. The number of anilines is 1. The van der Waals surface area contributed by atoms with E-state index < -0.39 is 34.9 Å². The van der Waals surface area contributed by atoms with Crippen molar-refractivity contribution in [3.05, 3.63) is 92.9 Å². The number of hydrogen-bond acceptors (Lipinski definition) is 7. The first-order chi connectivity index (χ1) is 20.2. The van der Waals surface area contributed by atoms with Crippen LogP contribution in [-0.2, 0) is 22.6 Å². The molecule has 2 aromatic carbocycles. The van der Waals surface area contributed by atoms with Crippen LogP contribution >= 0.6 is 0 Å². The summed E-state index contributed by atoms with van der Waals surface area (Å²) in [5.41, 5.74) is 1.70. The van der Waals surface area contributed by atoms with Crippen LogP contribution < -0.4 is 16.1 Å². The Morgan fingerprint density at radius 1 is 1.00 bits per heavy atom. The monoisotopic (exact) mass is 573 g/mol. The van der Waals surface area contributed by atoms with Gasteiger partial charge in [0, 0.05) is 44.6 Å². The molecular formula is C31H35N5O6. The number of carbonyl (C=O) groups is 3. The van der Waals surface area contributed by atoms with E-state index in [1.54, 1.807) is 0 Å². The molecule has 0 radical (unpaired) electrons. The molecule has 0 spiro atoms. The summed E-state index contributed by atoms with van der Waals surface area (Å²) in [5, 5.41) is 16.6. The van der Waals surface area contributed by atoms with Gasteiger partial charge in [0.15, 0.2) is 11.4 Å². The standard InChI is InChI=1S/C31H35N5O6/c1-20-7-6-8-21(2)25(20)33-30(40)24-19-35-18-23(29(39)32-11-12-34-13-15-42-16-14-34)27(37)28(38)26(35)31(41)36(24)17-22-9-4-3-5-10-22/h3-10,18,24,38H,11-17,19H2,1-2H3,(H,32,39)(H,33,40). The van der Waals surface area contributed by atoms with E-state index in [0.717, 1.165) is 29.8 Å². The minimum Gasteiger partial charge on any atom is -0.503 e. The smallest absolute Gasteiger partial charge is 0.275 e. The average Bonchev–Trinajstić information content (AvgIpc) is 2.99. The fraction of sp³-hybridized carbons (Fsp3) is 0.355. The third-order valence-electron chi connectivity index (χ3n) is 7.76. The van der Waals surface area contributed by atoms with Crippen LogP contribution in [0.3, 0.4) is 0 Å². The number of rotatable bonds is 8. The highest BCUT2D eigenvalue weighted by Crippen LogP contribution is 2.27. The SMILES string of the molecule is Cc1cccc(C)c1NC(=O)C1Cn2cc(C(=O)NCCN3CCOCC3)c(=O)c(O)c2C(=O)N1Cc1ccccc1. The number of benzene rings is 2. The number of nitrogens with one attached hydrogen (secondary N) is 2. The van der Waals surface area contributed by atoms with Gasteiger partial charge in [0.05, 0.1) is 19.8 Å². The molecule has 3 amide bonds. The van der Waals surface area contributed by atoms with Crippen molar-refractivity contribution in [2.24, 2.45) is 0 Å². The number of aromatic nitrogens is 1. The fourth-order valence-corrected chi connectivity index (χ4v) is 5.39. The second-order valence-electron chi connectivity index (χ2n) is 10.6. The number of hydrogen-bond donors (Lipinski definition) is 3. The van der Waals surface area contributed by atoms with Crippen molar-refractivity contribution in [2.45, 2.75) is 33.0 Å². The highest BCUT2D eigenvalue weighted by atomic mass is 16.5. The van der Waals surface area contributed by atoms with Gasteiger partial charge in [-0.05, 0) is 30.5 Å². The Labute approximate surface area is 243 Å². The molecule has 2 aliphatic rings. The van der Waals surface area contributed by atoms with Gasteiger partial charge in [0.2, 0.25) is 11.3 Å². The molecule has 1 atom stereocenters. The summed E-state index contributed by atoms with van der Waals surface area (Å²) in [7, 11) is 0. The van der Waals surface area contributed by atoms with Gasteiger partial charge in [-0.3, -0.25) is 24.1 Å². The van der Waals surface area contributed by atoms with Crippen LogP contribution in [0.4, 0.5) is 5.69 Å². The number of para-hydroxylation sites is 1. The van der Waals surface area contributed by atoms with Crippen molar-refractivity contribution in [3.8, 4) is 5.75 Å². The van der Waals surface area contributed by atoms with Gasteiger partial charge in [-0.15, -0.1) is 0 Å². The zero-order valence-corrected chi connectivity index (χ0v) is 23.8. The van der Waals surface area contributed by atoms with E-state index in [1.807, 2.05) is 62.4 Å². The second-order valence-corrected chi connectivity index (χ2v) is 10.6. The first-order valence-electron chi connectivity index (χ1n) is 14.0. The van der Waals surface area contributed by atoms with E-state index in [4.69, 9.17) is 4.74 Å². The van der Waals surface area contributed by atoms with Crippen LogP contribution in [0.15, 0.2) is 59.5 Å². The minimum atomic E-state index is -0.983. The summed E-state index contributed by atoms with van der Waals surface area (Å²) in [6, 6.07) is 13.9. The predicted octanol–water partition coefficient (Wildman–Crippen LogP) is 1.90. The van der Waals surface area contributed by atoms with E-state index in [1.165, 1.54) is 15.7 Å². The molecule has 1 saturated heterocycles. The van der Waals surface area contributed by atoms with Crippen LogP contribution in [0.1, 0.15) is 37.5 Å². The molecule has 0 bridgehead atoms. The molecule has 11 heteroatoms. The van der Waals surface area contributed by atoms with E-state index in [2.05, 4.69) is 15.5 Å². The molecule has 2 aliphatic heterocycles. The van der Waals surface area contributed by atoms with E-state index in [9.17, 15) is 24.3 Å². The normalized spacial score (nSPS) is 17.0. The third kappa shape index (κ3) is 6.07. The van der Waals surface area contributed by atoms with Gasteiger partial charge in [0.1, 0.15) is 11.6 Å². The van der Waals surface area contributed by atoms with Gasteiger partial charge in [-0.25, -0.2) is 0 Å². The van der Waals surface area contributed by atoms with Gasteiger partial charge in [-0.1, -0.05) is 48.5 Å². The fourth-order valence-electron chi connectivity index (χ4n) is 5.39. The highest BCUT2D eigenvalue weighted by Gasteiger charge is 2.40. The van der Waals surface area contributed by atoms with Crippen molar-refractivity contribution >= 4 is 23.4 Å². The van der Waals surface area contributed by atoms with Crippen molar-refractivity contribution in [1.29, 1.82) is 0 Å². The molecule has 3 N–H and O–H groups in total. The van der Waals surface area contributed by atoms with Gasteiger partial charge >= 0.3 is 0 Å². The van der Waals surface area contributed by atoms with Gasteiger partial charge in [0.25, 0.3) is 11.8 Å². The largest absolute Gasteiger partial charge is 0.503 e. The number of fused-ring (bicyclic) bond motifs is 1. The number of aryl methyl sites for hydroxylation is 2. The lowest BCUT2D eigenvalue weighted by atomic mass is 10.0. The molecule has 3 aromatic rings. The lowest BCUT2D eigenvalue weighted by molar-refractivity contribution is -0.121. The molecule has 42 heavy (non-hydrogen) atoms. The van der Waals surface area contributed by atoms with E-state index in [-0.39, 0.29) is 24.3 Å². The number of nitrogens with zero attached hydrogens (tertiary/aromatic N) is 3. The molecule has 220 valence electrons. The molecule has 0 saturated carbocycles. The van der Waals surface area contributed by atoms with Gasteiger partial charge < -0.3 is 29.9 Å². The first-order valence-corrected chi connectivity index (χ1v) is 14.0. The Kier molecular flexibility index (Phi) is 8.69. The molecule has 3 heterocycles. The molecule has 5 rings (SSSR count). The van der Waals surface area contributed by atoms with Crippen molar-refractivity contribution in [3.63, 3.8) is 0 Å². The van der Waals surface area contributed by atoms with E-state index >= 15 is 0 Å². The topological polar surface area (TPSA) is 133 Å². The van der Waals surface area contributed by atoms with Crippen LogP contribution in [0, 0.1) is 13.8 Å². The summed E-state index contributed by atoms with van der Waals surface area (Å²) in [5.74, 6) is -2.57. The zero-order chi connectivity index (χ0) is 29.8. The predicted molar refractivity (Wildman–Crippen MR) is 157 cm³/mol. The molecule has 11 nitrogen and oxygen atoms in total. The van der Waals surface area contributed by atoms with Crippen molar-refractivity contribution in [1.82, 2.24) is 19.7 Å². The van der Waals surface area contributed by atoms with Crippen LogP contribution in [0.5, 0.6) is 5.75 Å². The Bertz CT molecular complexity index is 1530. The van der Waals surface area contributed by atoms with Crippen LogP contribution in [-0.4, -0.2) is 82.6 Å². The average molecular weight is 574 g/mol. The van der Waals surface area contributed by atoms with Crippen molar-refractivity contribution in [2.75, 3.05) is 44.7 Å². The number of pyridine rings is 1. The van der Waals surface area contributed by atoms with Crippen molar-refractivity contribution < 1.29 is 24.2 Å². The van der Waals surface area contributed by atoms with Gasteiger partial charge in [-0.2, -0.15) is 0 Å². The maximum absolute atomic E-state index is 13.8. The van der Waals surface area contributed by atoms with E-state index in [0.29, 0.717) is 32.0 Å². The number of morpholine rings is 1. The summed E-state index contributed by atoms with van der Waals surface area (Å²) in [6.07, 6.45) is 1.26. The molecule has 1 unspecified atom stereocenters. The summed E-state index contributed by atoms with van der Waals surface area (Å²) in [6.45, 7) is 7.44. The number of amides is 3. The lowest BCUT2D eigenvalue weighted by Crippen LogP contribution is -2.54. The third-order valence-corrected chi connectivity index (χ3v) is 7.76. The van der Waals surface area contributed by atoms with Crippen LogP contribution in [0.25, 0.3) is 0 Å². The minimum absolute atomic E-state index is 0.0629. The Morgan fingerprint density at radius 3 is 2.38 bits per heavy atom.